The van der Waals surface area contributed by atoms with E-state index in [-0.39, 0.29) is 35.8 Å². The van der Waals surface area contributed by atoms with Crippen molar-refractivity contribution in [1.82, 2.24) is 5.32 Å². The molecule has 1 amide bonds. The van der Waals surface area contributed by atoms with Crippen LogP contribution in [0.4, 0.5) is 5.69 Å². The quantitative estimate of drug-likeness (QED) is 0.317. The molecule has 0 saturated heterocycles. The molecule has 1 aromatic carbocycles. The van der Waals surface area contributed by atoms with Crippen molar-refractivity contribution in [2.75, 3.05) is 18.4 Å². The molecule has 0 atom stereocenters. The maximum absolute atomic E-state index is 11.3. The van der Waals surface area contributed by atoms with Crippen molar-refractivity contribution in [2.45, 2.75) is 13.8 Å². The maximum atomic E-state index is 11.3. The molecule has 106 valence electrons. The van der Waals surface area contributed by atoms with Crippen LogP contribution in [-0.4, -0.2) is 25.0 Å². The molecule has 0 aliphatic heterocycles. The Balaban J connectivity index is 0.00000324. The van der Waals surface area contributed by atoms with E-state index < -0.39 is 0 Å². The average molecular weight is 376 g/mol. The van der Waals surface area contributed by atoms with Crippen molar-refractivity contribution in [1.29, 1.82) is 0 Å². The molecule has 0 saturated carbocycles. The highest BCUT2D eigenvalue weighted by Gasteiger charge is 2.04. The number of amides is 1. The van der Waals surface area contributed by atoms with Crippen LogP contribution in [0.3, 0.4) is 0 Å². The van der Waals surface area contributed by atoms with Gasteiger partial charge < -0.3 is 16.4 Å². The number of halogens is 1. The number of hydrogen-bond acceptors (Lipinski definition) is 2. The van der Waals surface area contributed by atoms with Crippen LogP contribution in [0.1, 0.15) is 13.8 Å². The summed E-state index contributed by atoms with van der Waals surface area (Å²) in [5.41, 5.74) is 6.60. The molecular formula is C13H21IN4O. The van der Waals surface area contributed by atoms with Crippen LogP contribution in [0.25, 0.3) is 0 Å². The van der Waals surface area contributed by atoms with Gasteiger partial charge in [0.25, 0.3) is 0 Å². The Morgan fingerprint density at radius 2 is 1.95 bits per heavy atom. The molecule has 0 heterocycles. The summed E-state index contributed by atoms with van der Waals surface area (Å²) in [5, 5.41) is 5.74. The molecule has 0 aliphatic rings. The third kappa shape index (κ3) is 7.66. The summed E-state index contributed by atoms with van der Waals surface area (Å²) in [7, 11) is 0. The van der Waals surface area contributed by atoms with Crippen molar-refractivity contribution < 1.29 is 4.79 Å². The summed E-state index contributed by atoms with van der Waals surface area (Å²) in [6.07, 6.45) is 0. The van der Waals surface area contributed by atoms with Gasteiger partial charge in [-0.05, 0) is 12.1 Å². The Kier molecular flexibility index (Phi) is 8.94. The van der Waals surface area contributed by atoms with E-state index in [0.29, 0.717) is 19.0 Å². The SMILES string of the molecule is CC(C)C(=O)NCCN=C(N)Nc1ccccc1.I. The summed E-state index contributed by atoms with van der Waals surface area (Å²) in [6, 6.07) is 9.57. The van der Waals surface area contributed by atoms with Crippen molar-refractivity contribution in [3.8, 4) is 0 Å². The van der Waals surface area contributed by atoms with E-state index in [1.807, 2.05) is 44.2 Å². The largest absolute Gasteiger partial charge is 0.370 e. The standard InChI is InChI=1S/C13H20N4O.HI/c1-10(2)12(18)15-8-9-16-13(14)17-11-6-4-3-5-7-11;/h3-7,10H,8-9H2,1-2H3,(H,15,18)(H3,14,16,17);1H. The zero-order valence-electron chi connectivity index (χ0n) is 11.2. The lowest BCUT2D eigenvalue weighted by atomic mass is 10.2. The van der Waals surface area contributed by atoms with Crippen LogP contribution in [0.2, 0.25) is 0 Å². The number of para-hydroxylation sites is 1. The first-order chi connectivity index (χ1) is 8.59. The fraction of sp³-hybridized carbons (Fsp3) is 0.385. The Morgan fingerprint density at radius 1 is 1.32 bits per heavy atom. The van der Waals surface area contributed by atoms with E-state index in [9.17, 15) is 4.79 Å². The number of aliphatic imine (C=N–C) groups is 1. The van der Waals surface area contributed by atoms with Gasteiger partial charge in [0.1, 0.15) is 0 Å². The number of hydrogen-bond donors (Lipinski definition) is 3. The smallest absolute Gasteiger partial charge is 0.222 e. The third-order valence-electron chi connectivity index (χ3n) is 2.26. The van der Waals surface area contributed by atoms with Crippen molar-refractivity contribution in [3.05, 3.63) is 30.3 Å². The minimum atomic E-state index is -0.00577. The van der Waals surface area contributed by atoms with Gasteiger partial charge in [-0.1, -0.05) is 32.0 Å². The maximum Gasteiger partial charge on any atom is 0.222 e. The van der Waals surface area contributed by atoms with E-state index in [4.69, 9.17) is 5.73 Å². The fourth-order valence-corrected chi connectivity index (χ4v) is 1.27. The summed E-state index contributed by atoms with van der Waals surface area (Å²) >= 11 is 0. The minimum absolute atomic E-state index is 0. The van der Waals surface area contributed by atoms with E-state index in [1.54, 1.807) is 0 Å². The normalized spacial score (nSPS) is 10.8. The molecule has 0 fully saturated rings. The Hall–Kier alpha value is -1.31. The molecule has 1 rings (SSSR count). The van der Waals surface area contributed by atoms with Crippen molar-refractivity contribution in [2.24, 2.45) is 16.6 Å². The Morgan fingerprint density at radius 3 is 2.53 bits per heavy atom. The van der Waals surface area contributed by atoms with Crippen LogP contribution in [0, 0.1) is 5.92 Å². The van der Waals surface area contributed by atoms with Crippen LogP contribution in [0.5, 0.6) is 0 Å². The van der Waals surface area contributed by atoms with Gasteiger partial charge >= 0.3 is 0 Å². The number of carbonyl (C=O) groups excluding carboxylic acids is 1. The summed E-state index contributed by atoms with van der Waals surface area (Å²) in [6.45, 7) is 4.66. The van der Waals surface area contributed by atoms with Crippen LogP contribution in [-0.2, 0) is 4.79 Å². The number of nitrogens with two attached hydrogens (primary N) is 1. The summed E-state index contributed by atoms with van der Waals surface area (Å²) in [5.74, 6) is 0.369. The van der Waals surface area contributed by atoms with Gasteiger partial charge in [0.15, 0.2) is 5.96 Å². The van der Waals surface area contributed by atoms with Crippen LogP contribution in [0.15, 0.2) is 35.3 Å². The van der Waals surface area contributed by atoms with Crippen molar-refractivity contribution >= 4 is 41.5 Å². The second-order valence-corrected chi connectivity index (χ2v) is 4.20. The molecule has 0 radical (unpaired) electrons. The highest BCUT2D eigenvalue weighted by Crippen LogP contribution is 2.03. The molecular weight excluding hydrogens is 355 g/mol. The van der Waals surface area contributed by atoms with Gasteiger partial charge in [0.05, 0.1) is 6.54 Å². The monoisotopic (exact) mass is 376 g/mol. The predicted octanol–water partition coefficient (Wildman–Crippen LogP) is 1.80. The molecule has 0 bridgehead atoms. The average Bonchev–Trinajstić information content (AvgIpc) is 2.35. The molecule has 0 unspecified atom stereocenters. The van der Waals surface area contributed by atoms with Crippen LogP contribution >= 0.6 is 24.0 Å². The van der Waals surface area contributed by atoms with Gasteiger partial charge in [-0.25, -0.2) is 0 Å². The molecule has 0 spiro atoms. The summed E-state index contributed by atoms with van der Waals surface area (Å²) < 4.78 is 0. The number of rotatable bonds is 5. The first-order valence-corrected chi connectivity index (χ1v) is 5.99. The lowest BCUT2D eigenvalue weighted by Gasteiger charge is -2.07. The van der Waals surface area contributed by atoms with E-state index in [0.717, 1.165) is 5.69 Å². The second kappa shape index (κ2) is 9.60. The highest BCUT2D eigenvalue weighted by molar-refractivity contribution is 14.0. The van der Waals surface area contributed by atoms with E-state index in [1.165, 1.54) is 0 Å². The molecule has 5 nitrogen and oxygen atoms in total. The number of guanidine groups is 1. The number of nitrogens with zero attached hydrogens (tertiary/aromatic N) is 1. The van der Waals surface area contributed by atoms with Gasteiger partial charge in [0.2, 0.25) is 5.91 Å². The number of anilines is 1. The molecule has 4 N–H and O–H groups in total. The Labute approximate surface area is 131 Å². The first kappa shape index (κ1) is 17.7. The first-order valence-electron chi connectivity index (χ1n) is 5.99. The molecule has 6 heteroatoms. The lowest BCUT2D eigenvalue weighted by molar-refractivity contribution is -0.123. The van der Waals surface area contributed by atoms with Gasteiger partial charge in [-0.2, -0.15) is 0 Å². The Bertz CT molecular complexity index is 406. The molecule has 0 aliphatic carbocycles. The van der Waals surface area contributed by atoms with E-state index in [2.05, 4.69) is 15.6 Å². The van der Waals surface area contributed by atoms with E-state index >= 15 is 0 Å². The molecule has 1 aromatic rings. The van der Waals surface area contributed by atoms with Gasteiger partial charge in [-0.15, -0.1) is 24.0 Å². The number of nitrogens with one attached hydrogen (secondary N) is 2. The van der Waals surface area contributed by atoms with Gasteiger partial charge in [-0.3, -0.25) is 9.79 Å². The fourth-order valence-electron chi connectivity index (χ4n) is 1.27. The zero-order valence-corrected chi connectivity index (χ0v) is 13.5. The minimum Gasteiger partial charge on any atom is -0.370 e. The summed E-state index contributed by atoms with van der Waals surface area (Å²) in [4.78, 5) is 15.4. The lowest BCUT2D eigenvalue weighted by Crippen LogP contribution is -2.31. The number of carbonyl (C=O) groups is 1. The zero-order chi connectivity index (χ0) is 13.4. The van der Waals surface area contributed by atoms with Crippen LogP contribution < -0.4 is 16.4 Å². The molecule has 19 heavy (non-hydrogen) atoms. The van der Waals surface area contributed by atoms with Gasteiger partial charge in [0, 0.05) is 18.2 Å². The third-order valence-corrected chi connectivity index (χ3v) is 2.26. The van der Waals surface area contributed by atoms with Crippen molar-refractivity contribution in [3.63, 3.8) is 0 Å². The molecule has 0 aromatic heterocycles. The predicted molar refractivity (Wildman–Crippen MR) is 89.8 cm³/mol. The second-order valence-electron chi connectivity index (χ2n) is 4.20. The topological polar surface area (TPSA) is 79.5 Å². The highest BCUT2D eigenvalue weighted by atomic mass is 127. The number of benzene rings is 1.